The van der Waals surface area contributed by atoms with E-state index in [1.54, 1.807) is 23.5 Å². The van der Waals surface area contributed by atoms with Crippen LogP contribution in [0.15, 0.2) is 54.4 Å². The third-order valence-electron chi connectivity index (χ3n) is 5.68. The fourth-order valence-electron chi connectivity index (χ4n) is 3.85. The summed E-state index contributed by atoms with van der Waals surface area (Å²) in [7, 11) is 0. The van der Waals surface area contributed by atoms with E-state index in [9.17, 15) is 4.53 Å². The third kappa shape index (κ3) is 5.17. The number of benzene rings is 1. The Morgan fingerprint density at radius 1 is 1.17 bits per heavy atom. The van der Waals surface area contributed by atoms with Gasteiger partial charge in [-0.05, 0) is 104 Å². The van der Waals surface area contributed by atoms with Crippen LogP contribution in [0.1, 0.15) is 60.9 Å². The van der Waals surface area contributed by atoms with Crippen LogP contribution in [0.25, 0.3) is 16.1 Å². The number of hydrogen-bond acceptors (Lipinski definition) is 3. The van der Waals surface area contributed by atoms with Crippen molar-refractivity contribution < 1.29 is 9.47 Å². The number of pyridine rings is 1. The first-order valence-electron chi connectivity index (χ1n) is 10.6. The topological polar surface area (TPSA) is 22.1 Å². The molecular formula is C26H28FNOS. The second-order valence-electron chi connectivity index (χ2n) is 8.46. The molecule has 2 heterocycles. The summed E-state index contributed by atoms with van der Waals surface area (Å²) in [5, 5.41) is 2.11. The van der Waals surface area contributed by atoms with Crippen LogP contribution in [0.3, 0.4) is 0 Å². The number of allylic oxidation sites excluding steroid dienone is 1. The Bertz CT molecular complexity index is 1000. The van der Waals surface area contributed by atoms with Gasteiger partial charge in [-0.15, -0.1) is 11.3 Å². The molecule has 2 aliphatic carbocycles. The minimum Gasteiger partial charge on any atom is -0.294 e. The van der Waals surface area contributed by atoms with Crippen LogP contribution in [-0.4, -0.2) is 4.98 Å². The first kappa shape index (κ1) is 20.8. The standard InChI is InChI=1S/C16H17NS.C10H11FO/c1-10(2)16-11(3)17-14(15-5-4-8-18-15)9-13(16)12-6-7-12;11-12-10-5-3-9(4-6-10)7-8-1-2-8/h4-5,8-9,12H,1,6-7H2,2-3H3;3-6,8H,1-2,7H2. The maximum atomic E-state index is 11.6. The van der Waals surface area contributed by atoms with Gasteiger partial charge in [-0.2, -0.15) is 0 Å². The smallest absolute Gasteiger partial charge is 0.171 e. The molecule has 0 unspecified atom stereocenters. The largest absolute Gasteiger partial charge is 0.294 e. The van der Waals surface area contributed by atoms with Crippen LogP contribution in [0.2, 0.25) is 0 Å². The van der Waals surface area contributed by atoms with E-state index < -0.39 is 0 Å². The number of hydrogen-bond donors (Lipinski definition) is 0. The van der Waals surface area contributed by atoms with Gasteiger partial charge >= 0.3 is 0 Å². The van der Waals surface area contributed by atoms with Crippen LogP contribution in [0, 0.1) is 12.8 Å². The maximum Gasteiger partial charge on any atom is 0.171 e. The predicted molar refractivity (Wildman–Crippen MR) is 124 cm³/mol. The molecule has 0 radical (unpaired) electrons. The molecule has 2 saturated carbocycles. The van der Waals surface area contributed by atoms with Gasteiger partial charge in [-0.1, -0.05) is 24.8 Å². The molecule has 0 bridgehead atoms. The highest BCUT2D eigenvalue weighted by atomic mass is 32.1. The Kier molecular flexibility index (Phi) is 6.33. The molecule has 0 spiro atoms. The molecule has 5 rings (SSSR count). The molecule has 0 amide bonds. The van der Waals surface area contributed by atoms with E-state index in [1.807, 2.05) is 12.1 Å². The first-order chi connectivity index (χ1) is 14.5. The second-order valence-corrected chi connectivity index (χ2v) is 9.41. The van der Waals surface area contributed by atoms with Gasteiger partial charge in [0.05, 0.1) is 10.6 Å². The van der Waals surface area contributed by atoms with Crippen molar-refractivity contribution in [2.24, 2.45) is 5.92 Å². The Morgan fingerprint density at radius 2 is 1.90 bits per heavy atom. The average Bonchev–Trinajstić information content (AvgIpc) is 3.68. The number of nitrogens with zero attached hydrogens (tertiary/aromatic N) is 1. The normalized spacial score (nSPS) is 15.3. The van der Waals surface area contributed by atoms with E-state index in [1.165, 1.54) is 47.3 Å². The Labute approximate surface area is 182 Å². The van der Waals surface area contributed by atoms with E-state index in [0.29, 0.717) is 0 Å². The van der Waals surface area contributed by atoms with Gasteiger partial charge in [0.1, 0.15) is 0 Å². The summed E-state index contributed by atoms with van der Waals surface area (Å²) in [6.07, 6.45) is 6.45. The first-order valence-corrected chi connectivity index (χ1v) is 11.5. The van der Waals surface area contributed by atoms with Crippen molar-refractivity contribution in [3.05, 3.63) is 76.8 Å². The van der Waals surface area contributed by atoms with E-state index in [4.69, 9.17) is 4.98 Å². The van der Waals surface area contributed by atoms with Crippen molar-refractivity contribution in [1.82, 2.24) is 4.98 Å². The lowest BCUT2D eigenvalue weighted by atomic mass is 9.96. The zero-order valence-electron chi connectivity index (χ0n) is 17.7. The number of aromatic nitrogens is 1. The lowest BCUT2D eigenvalue weighted by Gasteiger charge is -2.13. The van der Waals surface area contributed by atoms with Crippen LogP contribution in [0.5, 0.6) is 5.75 Å². The van der Waals surface area contributed by atoms with E-state index in [0.717, 1.165) is 35.2 Å². The highest BCUT2D eigenvalue weighted by Gasteiger charge is 2.28. The monoisotopic (exact) mass is 421 g/mol. The molecule has 2 fully saturated rings. The molecule has 30 heavy (non-hydrogen) atoms. The number of rotatable bonds is 6. The molecule has 2 aromatic heterocycles. The minimum absolute atomic E-state index is 0.287. The average molecular weight is 422 g/mol. The van der Waals surface area contributed by atoms with Crippen molar-refractivity contribution in [1.29, 1.82) is 0 Å². The molecule has 0 N–H and O–H groups in total. The SMILES string of the molecule is C=C(C)c1c(C2CC2)cc(-c2cccs2)nc1C.FOc1ccc(CC2CC2)cc1. The summed E-state index contributed by atoms with van der Waals surface area (Å²) in [5.41, 5.74) is 7.40. The van der Waals surface area contributed by atoms with Gasteiger partial charge in [0.15, 0.2) is 5.75 Å². The lowest BCUT2D eigenvalue weighted by Crippen LogP contribution is -1.98. The zero-order valence-corrected chi connectivity index (χ0v) is 18.5. The summed E-state index contributed by atoms with van der Waals surface area (Å²) in [6, 6.07) is 13.7. The van der Waals surface area contributed by atoms with Crippen LogP contribution in [0.4, 0.5) is 4.53 Å². The summed E-state index contributed by atoms with van der Waals surface area (Å²) in [6.45, 7) is 8.30. The lowest BCUT2D eigenvalue weighted by molar-refractivity contribution is -0.00622. The summed E-state index contributed by atoms with van der Waals surface area (Å²) >= 11 is 1.75. The third-order valence-corrected chi connectivity index (χ3v) is 6.57. The maximum absolute atomic E-state index is 11.6. The Morgan fingerprint density at radius 3 is 2.43 bits per heavy atom. The fourth-order valence-corrected chi connectivity index (χ4v) is 4.54. The van der Waals surface area contributed by atoms with Crippen molar-refractivity contribution in [2.45, 2.75) is 51.9 Å². The molecule has 4 heteroatoms. The molecule has 156 valence electrons. The Balaban J connectivity index is 0.000000158. The second kappa shape index (κ2) is 9.13. The highest BCUT2D eigenvalue weighted by Crippen LogP contribution is 2.45. The zero-order chi connectivity index (χ0) is 21.1. The van der Waals surface area contributed by atoms with Gasteiger partial charge < -0.3 is 0 Å². The van der Waals surface area contributed by atoms with Crippen molar-refractivity contribution in [3.8, 4) is 16.3 Å². The molecule has 2 aliphatic rings. The van der Waals surface area contributed by atoms with E-state index in [-0.39, 0.29) is 5.75 Å². The molecular weight excluding hydrogens is 393 g/mol. The quantitative estimate of drug-likeness (QED) is 0.403. The van der Waals surface area contributed by atoms with Crippen LogP contribution >= 0.6 is 11.3 Å². The summed E-state index contributed by atoms with van der Waals surface area (Å²) < 4.78 is 11.6. The van der Waals surface area contributed by atoms with Gasteiger partial charge in [-0.3, -0.25) is 9.93 Å². The highest BCUT2D eigenvalue weighted by molar-refractivity contribution is 7.13. The Hall–Kier alpha value is -2.46. The van der Waals surface area contributed by atoms with Crippen LogP contribution in [-0.2, 0) is 6.42 Å². The van der Waals surface area contributed by atoms with E-state index in [2.05, 4.69) is 48.9 Å². The van der Waals surface area contributed by atoms with Gasteiger partial charge in [-0.25, -0.2) is 0 Å². The predicted octanol–water partition coefficient (Wildman–Crippen LogP) is 7.93. The van der Waals surface area contributed by atoms with Gasteiger partial charge in [0.25, 0.3) is 0 Å². The number of thiophene rings is 1. The van der Waals surface area contributed by atoms with Crippen molar-refractivity contribution in [3.63, 3.8) is 0 Å². The molecule has 0 saturated heterocycles. The fraction of sp³-hybridized carbons (Fsp3) is 0.346. The molecule has 0 aliphatic heterocycles. The van der Waals surface area contributed by atoms with Crippen LogP contribution < -0.4 is 4.94 Å². The number of halogens is 1. The van der Waals surface area contributed by atoms with Gasteiger partial charge in [0.2, 0.25) is 0 Å². The van der Waals surface area contributed by atoms with Crippen molar-refractivity contribution >= 4 is 16.9 Å². The molecule has 3 aromatic rings. The minimum atomic E-state index is 0.287. The summed E-state index contributed by atoms with van der Waals surface area (Å²) in [4.78, 5) is 9.60. The summed E-state index contributed by atoms with van der Waals surface area (Å²) in [5.74, 6) is 1.90. The molecule has 1 aromatic carbocycles. The van der Waals surface area contributed by atoms with E-state index >= 15 is 0 Å². The molecule has 2 nitrogen and oxygen atoms in total. The number of aryl methyl sites for hydroxylation is 1. The molecule has 0 atom stereocenters. The van der Waals surface area contributed by atoms with Crippen molar-refractivity contribution in [2.75, 3.05) is 0 Å². The van der Waals surface area contributed by atoms with Gasteiger partial charge in [0, 0.05) is 15.8 Å².